The van der Waals surface area contributed by atoms with Crippen LogP contribution in [0.5, 0.6) is 11.5 Å². The lowest BCUT2D eigenvalue weighted by molar-refractivity contribution is -0.384. The molecule has 0 atom stereocenters. The highest BCUT2D eigenvalue weighted by molar-refractivity contribution is 5.99. The Hall–Kier alpha value is -4.96. The quantitative estimate of drug-likeness (QED) is 0.176. The van der Waals surface area contributed by atoms with Crippen LogP contribution in [0.3, 0.4) is 0 Å². The Balaban J connectivity index is 1.62. The fourth-order valence-corrected chi connectivity index (χ4v) is 6.51. The summed E-state index contributed by atoms with van der Waals surface area (Å²) >= 11 is 0. The molecule has 1 aliphatic heterocycles. The van der Waals surface area contributed by atoms with Crippen LogP contribution < -0.4 is 4.74 Å². The second-order valence-corrected chi connectivity index (χ2v) is 9.71. The van der Waals surface area contributed by atoms with E-state index >= 15 is 0 Å². The Bertz CT molecular complexity index is 1870. The second kappa shape index (κ2) is 7.05. The predicted molar refractivity (Wildman–Crippen MR) is 145 cm³/mol. The summed E-state index contributed by atoms with van der Waals surface area (Å²) in [7, 11) is 0. The summed E-state index contributed by atoms with van der Waals surface area (Å²) in [6.45, 7) is 0. The van der Waals surface area contributed by atoms with Crippen molar-refractivity contribution in [2.24, 2.45) is 0 Å². The SMILES string of the molecule is O=[N+]([O-])c1ccc2c(c1)C1(c3ccccc3-2)c2ccc3ccccc3c2Oc2c1ccc1ccccc21. The minimum Gasteiger partial charge on any atom is -0.455 e. The Labute approximate surface area is 212 Å². The monoisotopic (exact) mass is 477 g/mol. The van der Waals surface area contributed by atoms with Gasteiger partial charge in [-0.1, -0.05) is 97.1 Å². The van der Waals surface area contributed by atoms with E-state index < -0.39 is 5.41 Å². The average molecular weight is 478 g/mol. The van der Waals surface area contributed by atoms with E-state index in [4.69, 9.17) is 4.74 Å². The molecule has 6 aromatic rings. The summed E-state index contributed by atoms with van der Waals surface area (Å²) in [5, 5.41) is 16.2. The summed E-state index contributed by atoms with van der Waals surface area (Å²) in [4.78, 5) is 11.7. The van der Waals surface area contributed by atoms with Crippen molar-refractivity contribution in [1.29, 1.82) is 0 Å². The lowest BCUT2D eigenvalue weighted by Crippen LogP contribution is -2.32. The van der Waals surface area contributed by atoms with Crippen molar-refractivity contribution >= 4 is 27.2 Å². The maximum absolute atomic E-state index is 12.0. The molecule has 174 valence electrons. The third-order valence-corrected chi connectivity index (χ3v) is 8.01. The number of fused-ring (bicyclic) bond motifs is 13. The third kappa shape index (κ3) is 2.47. The molecule has 0 radical (unpaired) electrons. The first-order valence-electron chi connectivity index (χ1n) is 12.3. The van der Waals surface area contributed by atoms with Gasteiger partial charge in [-0.15, -0.1) is 0 Å². The second-order valence-electron chi connectivity index (χ2n) is 9.71. The molecular formula is C33H19NO3. The van der Waals surface area contributed by atoms with Crippen molar-refractivity contribution < 1.29 is 9.66 Å². The standard InChI is InChI=1S/C33H19NO3/c35-34(36)22-15-16-26-25-11-5-6-12-27(25)33(30(26)19-22)28-17-13-20-7-1-3-9-23(20)31(28)37-32-24-10-4-2-8-21(24)14-18-29(32)33/h1-19H. The van der Waals surface area contributed by atoms with Gasteiger partial charge >= 0.3 is 0 Å². The number of nitro benzene ring substituents is 1. The summed E-state index contributed by atoms with van der Waals surface area (Å²) in [5.74, 6) is 1.60. The van der Waals surface area contributed by atoms with Gasteiger partial charge < -0.3 is 4.74 Å². The number of ether oxygens (including phenoxy) is 1. The van der Waals surface area contributed by atoms with Crippen LogP contribution in [-0.2, 0) is 5.41 Å². The molecule has 0 saturated heterocycles. The van der Waals surface area contributed by atoms with Crippen LogP contribution in [-0.4, -0.2) is 4.92 Å². The summed E-state index contributed by atoms with van der Waals surface area (Å²) in [5.41, 5.74) is 5.47. The molecule has 8 rings (SSSR count). The lowest BCUT2D eigenvalue weighted by atomic mass is 9.65. The number of benzene rings is 6. The zero-order chi connectivity index (χ0) is 24.7. The van der Waals surface area contributed by atoms with Gasteiger partial charge in [0.05, 0.1) is 10.3 Å². The third-order valence-electron chi connectivity index (χ3n) is 8.01. The van der Waals surface area contributed by atoms with E-state index in [0.29, 0.717) is 0 Å². The molecule has 0 fully saturated rings. The molecule has 37 heavy (non-hydrogen) atoms. The highest BCUT2D eigenvalue weighted by Gasteiger charge is 2.52. The Morgan fingerprint density at radius 1 is 0.568 bits per heavy atom. The first-order chi connectivity index (χ1) is 18.2. The van der Waals surface area contributed by atoms with Gasteiger partial charge in [0.1, 0.15) is 11.5 Å². The van der Waals surface area contributed by atoms with E-state index in [1.165, 1.54) is 0 Å². The molecule has 2 aliphatic rings. The maximum atomic E-state index is 12.0. The van der Waals surface area contributed by atoms with Crippen LogP contribution >= 0.6 is 0 Å². The molecule has 0 N–H and O–H groups in total. The molecule has 6 aromatic carbocycles. The van der Waals surface area contributed by atoms with E-state index in [9.17, 15) is 10.1 Å². The van der Waals surface area contributed by atoms with Crippen molar-refractivity contribution in [2.45, 2.75) is 5.41 Å². The van der Waals surface area contributed by atoms with Crippen molar-refractivity contribution in [1.82, 2.24) is 0 Å². The molecule has 4 nitrogen and oxygen atoms in total. The molecule has 4 heteroatoms. The van der Waals surface area contributed by atoms with Crippen LogP contribution in [0.4, 0.5) is 5.69 Å². The summed E-state index contributed by atoms with van der Waals surface area (Å²) in [6, 6.07) is 38.6. The van der Waals surface area contributed by atoms with E-state index in [2.05, 4.69) is 66.7 Å². The first kappa shape index (κ1) is 20.3. The van der Waals surface area contributed by atoms with E-state index in [1.807, 2.05) is 36.4 Å². The highest BCUT2D eigenvalue weighted by atomic mass is 16.6. The molecular weight excluding hydrogens is 458 g/mol. The Kier molecular flexibility index (Phi) is 3.86. The highest BCUT2D eigenvalue weighted by Crippen LogP contribution is 2.64. The molecule has 0 bridgehead atoms. The van der Waals surface area contributed by atoms with Gasteiger partial charge in [-0.25, -0.2) is 0 Å². The predicted octanol–water partition coefficient (Wildman–Crippen LogP) is 8.37. The fraction of sp³-hybridized carbons (Fsp3) is 0.0303. The summed E-state index contributed by atoms with van der Waals surface area (Å²) < 4.78 is 6.86. The molecule has 0 amide bonds. The number of nitro groups is 1. The van der Waals surface area contributed by atoms with Crippen molar-refractivity contribution in [3.8, 4) is 22.6 Å². The van der Waals surface area contributed by atoms with Crippen LogP contribution in [0.2, 0.25) is 0 Å². The van der Waals surface area contributed by atoms with Crippen LogP contribution in [0.25, 0.3) is 32.7 Å². The topological polar surface area (TPSA) is 52.4 Å². The van der Waals surface area contributed by atoms with Crippen LogP contribution in [0, 0.1) is 10.1 Å². The number of hydrogen-bond donors (Lipinski definition) is 0. The molecule has 1 spiro atoms. The van der Waals surface area contributed by atoms with Gasteiger partial charge in [-0.05, 0) is 39.1 Å². The first-order valence-corrected chi connectivity index (χ1v) is 12.3. The van der Waals surface area contributed by atoms with E-state index in [-0.39, 0.29) is 10.6 Å². The molecule has 1 heterocycles. The van der Waals surface area contributed by atoms with Gasteiger partial charge in [0.15, 0.2) is 0 Å². The average Bonchev–Trinajstić information content (AvgIpc) is 3.23. The van der Waals surface area contributed by atoms with Gasteiger partial charge in [-0.2, -0.15) is 0 Å². The van der Waals surface area contributed by atoms with Crippen molar-refractivity contribution in [3.63, 3.8) is 0 Å². The normalized spacial score (nSPS) is 14.1. The maximum Gasteiger partial charge on any atom is 0.269 e. The number of hydrogen-bond acceptors (Lipinski definition) is 3. The van der Waals surface area contributed by atoms with Gasteiger partial charge in [0.2, 0.25) is 0 Å². The van der Waals surface area contributed by atoms with E-state index in [1.54, 1.807) is 12.1 Å². The summed E-state index contributed by atoms with van der Waals surface area (Å²) in [6.07, 6.45) is 0. The van der Waals surface area contributed by atoms with Crippen molar-refractivity contribution in [2.75, 3.05) is 0 Å². The van der Waals surface area contributed by atoms with Gasteiger partial charge in [0.25, 0.3) is 5.69 Å². The molecule has 0 aromatic heterocycles. The van der Waals surface area contributed by atoms with Gasteiger partial charge in [0, 0.05) is 34.0 Å². The zero-order valence-corrected chi connectivity index (χ0v) is 19.6. The molecule has 0 saturated carbocycles. The number of non-ortho nitro benzene ring substituents is 1. The fourth-order valence-electron chi connectivity index (χ4n) is 6.51. The van der Waals surface area contributed by atoms with Gasteiger partial charge in [-0.3, -0.25) is 10.1 Å². The molecule has 1 aliphatic carbocycles. The van der Waals surface area contributed by atoms with Crippen molar-refractivity contribution in [3.05, 3.63) is 148 Å². The van der Waals surface area contributed by atoms with E-state index in [0.717, 1.165) is 66.4 Å². The number of nitrogens with zero attached hydrogens (tertiary/aromatic N) is 1. The Morgan fingerprint density at radius 2 is 1.14 bits per heavy atom. The largest absolute Gasteiger partial charge is 0.455 e. The smallest absolute Gasteiger partial charge is 0.269 e. The number of rotatable bonds is 1. The lowest BCUT2D eigenvalue weighted by Gasteiger charge is -2.40. The Morgan fingerprint density at radius 3 is 1.78 bits per heavy atom. The van der Waals surface area contributed by atoms with Crippen LogP contribution in [0.15, 0.2) is 115 Å². The molecule has 0 unspecified atom stereocenters. The zero-order valence-electron chi connectivity index (χ0n) is 19.6. The minimum atomic E-state index is -0.755. The van der Waals surface area contributed by atoms with Crippen LogP contribution in [0.1, 0.15) is 22.3 Å². The minimum absolute atomic E-state index is 0.0853.